The maximum atomic E-state index is 13.3. The van der Waals surface area contributed by atoms with E-state index in [2.05, 4.69) is 37.4 Å². The number of carbonyl (C=O) groups is 2. The van der Waals surface area contributed by atoms with Crippen molar-refractivity contribution in [3.8, 4) is 80.3 Å². The largest absolute Gasteiger partial charge is 0.494 e. The van der Waals surface area contributed by atoms with Crippen LogP contribution in [0.5, 0.6) is 23.0 Å². The Morgan fingerprint density at radius 3 is 1.49 bits per heavy atom. The number of aromatic nitrogens is 4. The molecule has 6 aliphatic rings. The van der Waals surface area contributed by atoms with Crippen molar-refractivity contribution in [3.05, 3.63) is 120 Å². The molecule has 1 amide bonds. The molecule has 6 saturated heterocycles. The number of methoxy groups -OCH3 is 2. The number of fused-ring (bicyclic) bond motifs is 6. The summed E-state index contributed by atoms with van der Waals surface area (Å²) < 4.78 is 57.8. The van der Waals surface area contributed by atoms with Gasteiger partial charge < -0.3 is 62.1 Å². The summed E-state index contributed by atoms with van der Waals surface area (Å²) in [6, 6.07) is 25.8. The minimum Gasteiger partial charge on any atom is -0.494 e. The van der Waals surface area contributed by atoms with Gasteiger partial charge in [0.1, 0.15) is 69.8 Å². The standard InChI is InChI=1S/C32H30N4O6.C26H21N3O6.C6H11NO.ClH/c1-38-28-13-21(32(37)36-17-23-3-4-24(18-36)40-23)16-35-30(28)29-14-26-31(42-29)25(6-9-34-26)19-2-5-27(20(12-19)15-33)41-22-7-10-39-11-8-22;1-32-22-11-17(26(30)31)14-29-24(22)23-12-20-25(35-23)19(4-7-28-20)15-2-3-21(16(10-15)13-27)34-18-5-8-33-9-6-18;1-2-6-4-7-3-5(1)8-6;/h2,5-6,9,12-14,16,22-24H,3-4,7-8,10-11,17-18H2,1H3;2-4,7,10-12,14,18H,5-6,8-9H2,1H3,(H,30,31);5-7H,1-4H2;1H. The fraction of sp³-hybridized carbons (Fsp3) is 0.375. The van der Waals surface area contributed by atoms with Crippen LogP contribution in [0.4, 0.5) is 0 Å². The zero-order valence-corrected chi connectivity index (χ0v) is 48.2. The molecule has 6 aliphatic heterocycles. The van der Waals surface area contributed by atoms with Crippen molar-refractivity contribution >= 4 is 46.5 Å². The quantitative estimate of drug-likeness (QED) is 0.115. The van der Waals surface area contributed by atoms with Crippen molar-refractivity contribution in [3.63, 3.8) is 0 Å². The summed E-state index contributed by atoms with van der Waals surface area (Å²) in [5, 5.41) is 32.2. The van der Waals surface area contributed by atoms with E-state index in [-0.39, 0.29) is 54.0 Å². The fourth-order valence-corrected chi connectivity index (χ4v) is 11.5. The zero-order chi connectivity index (χ0) is 58.4. The third kappa shape index (κ3) is 12.9. The number of amides is 1. The Balaban J connectivity index is 0.000000158. The van der Waals surface area contributed by atoms with Crippen LogP contribution >= 0.6 is 12.4 Å². The predicted octanol–water partition coefficient (Wildman–Crippen LogP) is 10.3. The number of carboxylic acids is 1. The second-order valence-corrected chi connectivity index (χ2v) is 21.5. The molecule has 2 aromatic carbocycles. The number of nitrogens with zero attached hydrogens (tertiary/aromatic N) is 7. The van der Waals surface area contributed by atoms with Gasteiger partial charge in [0.2, 0.25) is 0 Å². The number of pyridine rings is 4. The van der Waals surface area contributed by atoms with Gasteiger partial charge in [-0.3, -0.25) is 14.8 Å². The molecule has 4 atom stereocenters. The Kier molecular flexibility index (Phi) is 18.4. The normalized spacial score (nSPS) is 19.8. The molecule has 21 nitrogen and oxygen atoms in total. The minimum absolute atomic E-state index is 0. The number of hydrogen-bond acceptors (Lipinski definition) is 19. The van der Waals surface area contributed by atoms with Crippen molar-refractivity contribution in [1.82, 2.24) is 30.2 Å². The molecule has 4 bridgehead atoms. The van der Waals surface area contributed by atoms with Crippen LogP contribution in [0.25, 0.3) is 67.4 Å². The predicted molar refractivity (Wildman–Crippen MR) is 316 cm³/mol. The number of morpholine rings is 2. The number of hydrogen-bond donors (Lipinski definition) is 2. The van der Waals surface area contributed by atoms with Gasteiger partial charge in [0.05, 0.1) is 87.3 Å². The molecule has 14 rings (SSSR count). The Hall–Kier alpha value is -8.67. The van der Waals surface area contributed by atoms with E-state index in [4.69, 9.17) is 46.7 Å². The summed E-state index contributed by atoms with van der Waals surface area (Å²) in [7, 11) is 2.98. The highest BCUT2D eigenvalue weighted by molar-refractivity contribution is 5.97. The van der Waals surface area contributed by atoms with Crippen molar-refractivity contribution in [2.24, 2.45) is 0 Å². The highest BCUT2D eigenvalue weighted by Gasteiger charge is 2.37. The molecule has 86 heavy (non-hydrogen) atoms. The van der Waals surface area contributed by atoms with Gasteiger partial charge in [-0.25, -0.2) is 14.8 Å². The Morgan fingerprint density at radius 2 is 1.03 bits per heavy atom. The van der Waals surface area contributed by atoms with Crippen LogP contribution in [0.1, 0.15) is 83.2 Å². The van der Waals surface area contributed by atoms with Crippen LogP contribution in [-0.2, 0) is 18.9 Å². The van der Waals surface area contributed by atoms with Gasteiger partial charge in [-0.15, -0.1) is 12.4 Å². The maximum absolute atomic E-state index is 13.3. The first kappa shape index (κ1) is 59.1. The fourth-order valence-electron chi connectivity index (χ4n) is 11.5. The lowest BCUT2D eigenvalue weighted by atomic mass is 10.0. The topological polar surface area (TPSA) is 269 Å². The van der Waals surface area contributed by atoms with Crippen molar-refractivity contribution in [2.45, 2.75) is 88.0 Å². The van der Waals surface area contributed by atoms with Gasteiger partial charge in [0, 0.05) is 99.9 Å². The first-order valence-corrected chi connectivity index (χ1v) is 28.6. The average Bonchev–Trinajstić information content (AvgIpc) is 3.70. The van der Waals surface area contributed by atoms with E-state index in [0.717, 1.165) is 73.9 Å². The number of likely N-dealkylation sites (tertiary alicyclic amines) is 1. The molecular weight excluding hydrogens is 1120 g/mol. The molecule has 0 radical (unpaired) electrons. The molecule has 4 unspecified atom stereocenters. The Bertz CT molecular complexity index is 3820. The van der Waals surface area contributed by atoms with E-state index in [1.54, 1.807) is 56.0 Å². The highest BCUT2D eigenvalue weighted by atomic mass is 35.5. The number of rotatable bonds is 12. The van der Waals surface area contributed by atoms with Crippen molar-refractivity contribution in [2.75, 3.05) is 66.8 Å². The third-order valence-electron chi connectivity index (χ3n) is 15.9. The summed E-state index contributed by atoms with van der Waals surface area (Å²) in [6.07, 6.45) is 15.3. The summed E-state index contributed by atoms with van der Waals surface area (Å²) >= 11 is 0. The molecule has 6 fully saturated rings. The first-order chi connectivity index (χ1) is 41.6. The van der Waals surface area contributed by atoms with Crippen LogP contribution in [0.15, 0.2) is 106 Å². The van der Waals surface area contributed by atoms with Crippen molar-refractivity contribution in [1.29, 1.82) is 10.5 Å². The van der Waals surface area contributed by atoms with E-state index in [1.165, 1.54) is 32.2 Å². The van der Waals surface area contributed by atoms with E-state index in [9.17, 15) is 25.2 Å². The molecule has 2 N–H and O–H groups in total. The Labute approximate surface area is 501 Å². The average molecular weight is 1190 g/mol. The number of aromatic carboxylic acids is 1. The number of carboxylic acid groups (broad SMARTS) is 1. The summed E-state index contributed by atoms with van der Waals surface area (Å²) in [5.41, 5.74) is 7.58. The van der Waals surface area contributed by atoms with Gasteiger partial charge in [-0.2, -0.15) is 10.5 Å². The SMILES string of the molecule is C1CC2CNCC1O2.COc1cc(C(=O)N2CC3CCC(C2)O3)cnc1-c1cc2nccc(-c3ccc(OC4CCOCC4)c(C#N)c3)c2o1.COc1cc(C(=O)O)cnc1-c1cc2nccc(-c3ccc(OC4CCOCC4)c(C#N)c3)c2o1.Cl. The second-order valence-electron chi connectivity index (χ2n) is 21.5. The van der Waals surface area contributed by atoms with Crippen LogP contribution in [0, 0.1) is 22.7 Å². The highest BCUT2D eigenvalue weighted by Crippen LogP contribution is 2.40. The van der Waals surface area contributed by atoms with Gasteiger partial charge in [0.15, 0.2) is 22.7 Å². The summed E-state index contributed by atoms with van der Waals surface area (Å²) in [6.45, 7) is 5.97. The molecule has 0 spiro atoms. The molecule has 6 aromatic heterocycles. The minimum atomic E-state index is -1.10. The van der Waals surface area contributed by atoms with Crippen LogP contribution in [0.3, 0.4) is 0 Å². The van der Waals surface area contributed by atoms with Gasteiger partial charge in [-0.05, 0) is 85.3 Å². The monoisotopic (exact) mass is 1190 g/mol. The van der Waals surface area contributed by atoms with Gasteiger partial charge >= 0.3 is 5.97 Å². The second kappa shape index (κ2) is 26.7. The number of ether oxygens (including phenoxy) is 8. The van der Waals surface area contributed by atoms with E-state index in [1.807, 2.05) is 41.3 Å². The molecule has 8 aromatic rings. The van der Waals surface area contributed by atoms with Crippen LogP contribution < -0.4 is 24.3 Å². The molecular formula is C64H63ClN8O13. The molecule has 0 saturated carbocycles. The maximum Gasteiger partial charge on any atom is 0.337 e. The van der Waals surface area contributed by atoms with Gasteiger partial charge in [-0.1, -0.05) is 12.1 Å². The van der Waals surface area contributed by atoms with E-state index >= 15 is 0 Å². The third-order valence-corrected chi connectivity index (χ3v) is 15.9. The molecule has 22 heteroatoms. The lowest BCUT2D eigenvalue weighted by molar-refractivity contribution is -0.0303. The number of carbonyl (C=O) groups excluding carboxylic acids is 1. The Morgan fingerprint density at radius 1 is 0.581 bits per heavy atom. The van der Waals surface area contributed by atoms with Crippen LogP contribution in [-0.4, -0.2) is 145 Å². The number of benzene rings is 2. The number of nitriles is 2. The first-order valence-electron chi connectivity index (χ1n) is 28.6. The van der Waals surface area contributed by atoms with E-state index < -0.39 is 5.97 Å². The van der Waals surface area contributed by atoms with Crippen LogP contribution in [0.2, 0.25) is 0 Å². The number of furan rings is 2. The lowest BCUT2D eigenvalue weighted by Gasteiger charge is -2.32. The van der Waals surface area contributed by atoms with Crippen molar-refractivity contribution < 1.29 is 61.4 Å². The van der Waals surface area contributed by atoms with Gasteiger partial charge in [0.25, 0.3) is 5.91 Å². The van der Waals surface area contributed by atoms with E-state index in [0.29, 0.717) is 131 Å². The lowest BCUT2D eigenvalue weighted by Crippen LogP contribution is -2.45. The molecule has 12 heterocycles. The summed E-state index contributed by atoms with van der Waals surface area (Å²) in [4.78, 5) is 44.1. The zero-order valence-electron chi connectivity index (χ0n) is 47.4. The number of halogens is 1. The smallest absolute Gasteiger partial charge is 0.337 e. The number of nitrogens with one attached hydrogen (secondary N) is 1. The molecule has 444 valence electrons. The molecule has 0 aliphatic carbocycles. The summed E-state index contributed by atoms with van der Waals surface area (Å²) in [5.74, 6) is 1.46.